The number of piperidine rings is 1. The van der Waals surface area contributed by atoms with Crippen LogP contribution in [0.5, 0.6) is 5.88 Å². The molecule has 2 fully saturated rings. The Morgan fingerprint density at radius 3 is 2.83 bits per heavy atom. The van der Waals surface area contributed by atoms with Gasteiger partial charge in [0.15, 0.2) is 0 Å². The SMILES string of the molecule is CCOc1ncccc1C(=O)N1CCC2(CC1)CNC(C(=O)O)C2. The Kier molecular flexibility index (Phi) is 4.71. The van der Waals surface area contributed by atoms with Crippen molar-refractivity contribution in [1.29, 1.82) is 0 Å². The maximum Gasteiger partial charge on any atom is 0.320 e. The summed E-state index contributed by atoms with van der Waals surface area (Å²) in [6.07, 6.45) is 3.89. The van der Waals surface area contributed by atoms with E-state index in [2.05, 4.69) is 10.3 Å². The third kappa shape index (κ3) is 3.21. The van der Waals surface area contributed by atoms with E-state index >= 15 is 0 Å². The van der Waals surface area contributed by atoms with E-state index in [1.807, 2.05) is 11.8 Å². The molecule has 0 aliphatic carbocycles. The van der Waals surface area contributed by atoms with E-state index in [9.17, 15) is 9.59 Å². The summed E-state index contributed by atoms with van der Waals surface area (Å²) in [6, 6.07) is 3.01. The van der Waals surface area contributed by atoms with Crippen LogP contribution in [-0.4, -0.2) is 59.1 Å². The van der Waals surface area contributed by atoms with Gasteiger partial charge in [-0.05, 0) is 43.7 Å². The molecule has 2 aliphatic heterocycles. The summed E-state index contributed by atoms with van der Waals surface area (Å²) in [4.78, 5) is 29.9. The van der Waals surface area contributed by atoms with Crippen molar-refractivity contribution in [2.45, 2.75) is 32.2 Å². The number of ether oxygens (including phenoxy) is 1. The van der Waals surface area contributed by atoms with Crippen LogP contribution in [0.2, 0.25) is 0 Å². The quantitative estimate of drug-likeness (QED) is 0.859. The van der Waals surface area contributed by atoms with Crippen LogP contribution in [0.4, 0.5) is 0 Å². The number of nitrogens with one attached hydrogen (secondary N) is 1. The van der Waals surface area contributed by atoms with Gasteiger partial charge in [-0.1, -0.05) is 0 Å². The molecule has 2 aliphatic rings. The normalized spacial score (nSPS) is 22.5. The number of carbonyl (C=O) groups is 2. The summed E-state index contributed by atoms with van der Waals surface area (Å²) < 4.78 is 5.45. The lowest BCUT2D eigenvalue weighted by Crippen LogP contribution is -2.44. The van der Waals surface area contributed by atoms with Crippen molar-refractivity contribution >= 4 is 11.9 Å². The van der Waals surface area contributed by atoms with Gasteiger partial charge < -0.3 is 20.1 Å². The Labute approximate surface area is 141 Å². The molecule has 1 aromatic rings. The Morgan fingerprint density at radius 1 is 1.46 bits per heavy atom. The summed E-state index contributed by atoms with van der Waals surface area (Å²) in [5.74, 6) is -0.483. The second-order valence-electron chi connectivity index (χ2n) is 6.56. The summed E-state index contributed by atoms with van der Waals surface area (Å²) in [7, 11) is 0. The van der Waals surface area contributed by atoms with Gasteiger partial charge in [-0.15, -0.1) is 0 Å². The van der Waals surface area contributed by atoms with Crippen LogP contribution in [0, 0.1) is 5.41 Å². The van der Waals surface area contributed by atoms with Crippen LogP contribution in [0.15, 0.2) is 18.3 Å². The molecule has 2 saturated heterocycles. The van der Waals surface area contributed by atoms with Crippen LogP contribution >= 0.6 is 0 Å². The minimum atomic E-state index is -0.790. The number of aromatic nitrogens is 1. The number of amides is 1. The summed E-state index contributed by atoms with van der Waals surface area (Å²) in [6.45, 7) is 4.30. The molecule has 2 N–H and O–H groups in total. The highest BCUT2D eigenvalue weighted by molar-refractivity contribution is 5.96. The van der Waals surface area contributed by atoms with Crippen molar-refractivity contribution in [3.05, 3.63) is 23.9 Å². The number of nitrogens with zero attached hydrogens (tertiary/aromatic N) is 2. The Hall–Kier alpha value is -2.15. The van der Waals surface area contributed by atoms with Crippen molar-refractivity contribution in [1.82, 2.24) is 15.2 Å². The molecule has 7 heteroatoms. The Morgan fingerprint density at radius 2 is 2.21 bits per heavy atom. The molecule has 7 nitrogen and oxygen atoms in total. The Bertz CT molecular complexity index is 626. The molecule has 1 aromatic heterocycles. The van der Waals surface area contributed by atoms with Gasteiger partial charge in [0.05, 0.1) is 6.61 Å². The van der Waals surface area contributed by atoms with Gasteiger partial charge in [0.25, 0.3) is 5.91 Å². The molecule has 1 unspecified atom stereocenters. The van der Waals surface area contributed by atoms with E-state index in [4.69, 9.17) is 9.84 Å². The number of carbonyl (C=O) groups excluding carboxylic acids is 1. The van der Waals surface area contributed by atoms with Crippen molar-refractivity contribution in [2.24, 2.45) is 5.41 Å². The van der Waals surface area contributed by atoms with E-state index in [1.165, 1.54) is 0 Å². The molecule has 1 amide bonds. The molecule has 130 valence electrons. The second-order valence-corrected chi connectivity index (χ2v) is 6.56. The van der Waals surface area contributed by atoms with Gasteiger partial charge in [0.1, 0.15) is 11.6 Å². The van der Waals surface area contributed by atoms with Crippen molar-refractivity contribution in [2.75, 3.05) is 26.2 Å². The topological polar surface area (TPSA) is 91.8 Å². The maximum absolute atomic E-state index is 12.8. The van der Waals surface area contributed by atoms with Crippen LogP contribution in [0.1, 0.15) is 36.5 Å². The lowest BCUT2D eigenvalue weighted by molar-refractivity contribution is -0.139. The lowest BCUT2D eigenvalue weighted by atomic mass is 9.76. The molecule has 1 atom stereocenters. The van der Waals surface area contributed by atoms with Gasteiger partial charge in [-0.25, -0.2) is 4.98 Å². The molecule has 0 radical (unpaired) electrons. The van der Waals surface area contributed by atoms with Gasteiger partial charge in [-0.2, -0.15) is 0 Å². The van der Waals surface area contributed by atoms with Crippen LogP contribution < -0.4 is 10.1 Å². The monoisotopic (exact) mass is 333 g/mol. The first-order chi connectivity index (χ1) is 11.5. The van der Waals surface area contributed by atoms with E-state index < -0.39 is 12.0 Å². The number of aliphatic carboxylic acids is 1. The van der Waals surface area contributed by atoms with Gasteiger partial charge in [-0.3, -0.25) is 9.59 Å². The van der Waals surface area contributed by atoms with Crippen LogP contribution in [-0.2, 0) is 4.79 Å². The molecule has 24 heavy (non-hydrogen) atoms. The highest BCUT2D eigenvalue weighted by Gasteiger charge is 2.44. The molecule has 0 saturated carbocycles. The average molecular weight is 333 g/mol. The molecule has 3 rings (SSSR count). The fourth-order valence-electron chi connectivity index (χ4n) is 3.63. The largest absolute Gasteiger partial charge is 0.480 e. The first-order valence-electron chi connectivity index (χ1n) is 8.38. The van der Waals surface area contributed by atoms with Crippen molar-refractivity contribution < 1.29 is 19.4 Å². The fraction of sp³-hybridized carbons (Fsp3) is 0.588. The third-order valence-electron chi connectivity index (χ3n) is 5.05. The smallest absolute Gasteiger partial charge is 0.320 e. The molecular formula is C17H23N3O4. The van der Waals surface area contributed by atoms with Crippen molar-refractivity contribution in [3.8, 4) is 5.88 Å². The summed E-state index contributed by atoms with van der Waals surface area (Å²) in [5.41, 5.74) is 0.487. The number of hydrogen-bond donors (Lipinski definition) is 2. The first kappa shape index (κ1) is 16.7. The summed E-state index contributed by atoms with van der Waals surface area (Å²) in [5, 5.41) is 12.2. The van der Waals surface area contributed by atoms with E-state index in [-0.39, 0.29) is 11.3 Å². The molecule has 0 bridgehead atoms. The number of pyridine rings is 1. The van der Waals surface area contributed by atoms with Gasteiger partial charge in [0, 0.05) is 25.8 Å². The predicted octanol–water partition coefficient (Wildman–Crippen LogP) is 1.15. The summed E-state index contributed by atoms with van der Waals surface area (Å²) >= 11 is 0. The fourth-order valence-corrected chi connectivity index (χ4v) is 3.63. The highest BCUT2D eigenvalue weighted by atomic mass is 16.5. The maximum atomic E-state index is 12.8. The van der Waals surface area contributed by atoms with Gasteiger partial charge >= 0.3 is 5.97 Å². The molecular weight excluding hydrogens is 310 g/mol. The average Bonchev–Trinajstić information content (AvgIpc) is 3.00. The van der Waals surface area contributed by atoms with E-state index in [0.717, 1.165) is 12.8 Å². The lowest BCUT2D eigenvalue weighted by Gasteiger charge is -2.39. The van der Waals surface area contributed by atoms with Crippen LogP contribution in [0.3, 0.4) is 0 Å². The number of hydrogen-bond acceptors (Lipinski definition) is 5. The number of carboxylic acid groups (broad SMARTS) is 1. The second kappa shape index (κ2) is 6.76. The zero-order valence-electron chi connectivity index (χ0n) is 13.8. The zero-order chi connectivity index (χ0) is 17.2. The number of rotatable bonds is 4. The molecule has 1 spiro atoms. The molecule has 3 heterocycles. The van der Waals surface area contributed by atoms with Gasteiger partial charge in [0.2, 0.25) is 5.88 Å². The predicted molar refractivity (Wildman–Crippen MR) is 87.0 cm³/mol. The van der Waals surface area contributed by atoms with Crippen LogP contribution in [0.25, 0.3) is 0 Å². The Balaban J connectivity index is 1.65. The van der Waals surface area contributed by atoms with Crippen molar-refractivity contribution in [3.63, 3.8) is 0 Å². The molecule has 0 aromatic carbocycles. The van der Waals surface area contributed by atoms with E-state index in [1.54, 1.807) is 18.3 Å². The minimum Gasteiger partial charge on any atom is -0.480 e. The number of carboxylic acids is 1. The van der Waals surface area contributed by atoms with E-state index in [0.29, 0.717) is 44.1 Å². The first-order valence-corrected chi connectivity index (χ1v) is 8.38. The standard InChI is InChI=1S/C17H23N3O4/c1-2-24-14-12(4-3-7-18-14)15(21)20-8-5-17(6-9-20)10-13(16(22)23)19-11-17/h3-4,7,13,19H,2,5-6,8-11H2,1H3,(H,22,23). The highest BCUT2D eigenvalue weighted by Crippen LogP contribution is 2.39. The third-order valence-corrected chi connectivity index (χ3v) is 5.05. The number of likely N-dealkylation sites (tertiary alicyclic amines) is 1. The zero-order valence-corrected chi connectivity index (χ0v) is 13.8. The minimum absolute atomic E-state index is 0.00246.